The summed E-state index contributed by atoms with van der Waals surface area (Å²) in [5.41, 5.74) is 1.54. The lowest BCUT2D eigenvalue weighted by molar-refractivity contribution is 0.0697. The van der Waals surface area contributed by atoms with Gasteiger partial charge in [0, 0.05) is 26.9 Å². The molecule has 5 nitrogen and oxygen atoms in total. The molecule has 2 N–H and O–H groups in total. The lowest BCUT2D eigenvalue weighted by atomic mass is 9.82. The van der Waals surface area contributed by atoms with Crippen LogP contribution >= 0.6 is 15.9 Å². The fourth-order valence-electron chi connectivity index (χ4n) is 3.17. The molecule has 0 unspecified atom stereocenters. The molecule has 132 valence electrons. The van der Waals surface area contributed by atoms with Gasteiger partial charge in [-0.2, -0.15) is 0 Å². The van der Waals surface area contributed by atoms with E-state index in [1.807, 2.05) is 0 Å². The summed E-state index contributed by atoms with van der Waals surface area (Å²) in [5.74, 6) is -1.85. The van der Waals surface area contributed by atoms with Crippen LogP contribution in [0.2, 0.25) is 0 Å². The molecule has 6 heteroatoms. The topological polar surface area (TPSA) is 83.5 Å². The summed E-state index contributed by atoms with van der Waals surface area (Å²) in [6, 6.07) is 16.4. The van der Waals surface area contributed by atoms with Crippen molar-refractivity contribution in [2.75, 3.05) is 5.32 Å². The Bertz CT molecular complexity index is 1120. The van der Waals surface area contributed by atoms with Crippen LogP contribution in [0.25, 0.3) is 0 Å². The Morgan fingerprint density at radius 2 is 1.44 bits per heavy atom. The summed E-state index contributed by atoms with van der Waals surface area (Å²) in [5, 5.41) is 12.6. The van der Waals surface area contributed by atoms with Crippen LogP contribution in [0.4, 0.5) is 11.4 Å². The first-order chi connectivity index (χ1) is 13.0. The predicted molar refractivity (Wildman–Crippen MR) is 104 cm³/mol. The second kappa shape index (κ2) is 6.48. The summed E-state index contributed by atoms with van der Waals surface area (Å²) in [6.07, 6.45) is 0. The van der Waals surface area contributed by atoms with Gasteiger partial charge in [-0.15, -0.1) is 0 Å². The Kier molecular flexibility index (Phi) is 4.12. The van der Waals surface area contributed by atoms with Crippen LogP contribution in [0.1, 0.15) is 42.2 Å². The van der Waals surface area contributed by atoms with Crippen LogP contribution < -0.4 is 5.32 Å². The number of benzene rings is 3. The molecule has 3 aromatic rings. The average Bonchev–Trinajstić information content (AvgIpc) is 2.67. The Labute approximate surface area is 162 Å². The van der Waals surface area contributed by atoms with Gasteiger partial charge in [0.25, 0.3) is 0 Å². The van der Waals surface area contributed by atoms with Crippen molar-refractivity contribution in [2.24, 2.45) is 0 Å². The Balaban J connectivity index is 1.94. The molecule has 0 spiro atoms. The molecule has 0 bridgehead atoms. The van der Waals surface area contributed by atoms with Crippen molar-refractivity contribution in [1.82, 2.24) is 0 Å². The molecule has 0 saturated carbocycles. The van der Waals surface area contributed by atoms with Gasteiger partial charge in [-0.1, -0.05) is 40.2 Å². The zero-order valence-electron chi connectivity index (χ0n) is 13.8. The number of fused-ring (bicyclic) bond motifs is 2. The maximum absolute atomic E-state index is 13.1. The number of anilines is 2. The van der Waals surface area contributed by atoms with E-state index < -0.39 is 5.97 Å². The van der Waals surface area contributed by atoms with Crippen LogP contribution in [-0.4, -0.2) is 22.6 Å². The van der Waals surface area contributed by atoms with Gasteiger partial charge in [-0.25, -0.2) is 4.79 Å². The molecular formula is C21H12BrNO4. The number of rotatable bonds is 3. The molecule has 0 heterocycles. The van der Waals surface area contributed by atoms with Crippen LogP contribution in [0.5, 0.6) is 0 Å². The molecule has 0 atom stereocenters. The smallest absolute Gasteiger partial charge is 0.337 e. The number of ketones is 2. The molecular weight excluding hydrogens is 410 g/mol. The summed E-state index contributed by atoms with van der Waals surface area (Å²) < 4.78 is 0.863. The number of aromatic carboxylic acids is 1. The van der Waals surface area contributed by atoms with Crippen molar-refractivity contribution in [3.63, 3.8) is 0 Å². The van der Waals surface area contributed by atoms with Crippen molar-refractivity contribution < 1.29 is 19.5 Å². The van der Waals surface area contributed by atoms with Crippen LogP contribution in [-0.2, 0) is 0 Å². The highest BCUT2D eigenvalue weighted by Crippen LogP contribution is 2.36. The molecule has 0 aliphatic heterocycles. The van der Waals surface area contributed by atoms with Crippen molar-refractivity contribution >= 4 is 44.8 Å². The first-order valence-corrected chi connectivity index (χ1v) is 8.88. The van der Waals surface area contributed by atoms with Gasteiger partial charge in [0.1, 0.15) is 0 Å². The van der Waals surface area contributed by atoms with Gasteiger partial charge >= 0.3 is 5.97 Å². The molecule has 1 aliphatic carbocycles. The van der Waals surface area contributed by atoms with Crippen LogP contribution in [0.15, 0.2) is 65.1 Å². The van der Waals surface area contributed by atoms with E-state index in [1.165, 1.54) is 12.1 Å². The van der Waals surface area contributed by atoms with Gasteiger partial charge in [0.05, 0.1) is 16.8 Å². The third-order valence-corrected chi connectivity index (χ3v) is 4.97. The average molecular weight is 422 g/mol. The van der Waals surface area contributed by atoms with E-state index in [-0.39, 0.29) is 39.5 Å². The zero-order valence-corrected chi connectivity index (χ0v) is 15.4. The van der Waals surface area contributed by atoms with E-state index in [9.17, 15) is 19.5 Å². The largest absolute Gasteiger partial charge is 0.478 e. The monoisotopic (exact) mass is 421 g/mol. The highest BCUT2D eigenvalue weighted by atomic mass is 79.9. The van der Waals surface area contributed by atoms with E-state index in [2.05, 4.69) is 21.2 Å². The van der Waals surface area contributed by atoms with E-state index >= 15 is 0 Å². The maximum atomic E-state index is 13.1. The van der Waals surface area contributed by atoms with E-state index in [4.69, 9.17) is 0 Å². The summed E-state index contributed by atoms with van der Waals surface area (Å²) in [7, 11) is 0. The Morgan fingerprint density at radius 1 is 0.815 bits per heavy atom. The lowest BCUT2D eigenvalue weighted by Crippen LogP contribution is -2.23. The Morgan fingerprint density at radius 3 is 2.07 bits per heavy atom. The highest BCUT2D eigenvalue weighted by molar-refractivity contribution is 9.10. The molecule has 0 fully saturated rings. The lowest BCUT2D eigenvalue weighted by Gasteiger charge is -2.22. The van der Waals surface area contributed by atoms with Crippen molar-refractivity contribution in [2.45, 2.75) is 0 Å². The predicted octanol–water partition coefficient (Wildman–Crippen LogP) is 4.67. The minimum atomic E-state index is -1.18. The van der Waals surface area contributed by atoms with Gasteiger partial charge in [-0.3, -0.25) is 9.59 Å². The van der Waals surface area contributed by atoms with Gasteiger partial charge in [-0.05, 0) is 36.4 Å². The van der Waals surface area contributed by atoms with Crippen molar-refractivity contribution in [3.05, 3.63) is 93.0 Å². The number of carboxylic acids is 1. The minimum Gasteiger partial charge on any atom is -0.478 e. The molecule has 0 radical (unpaired) electrons. The second-order valence-electron chi connectivity index (χ2n) is 6.05. The molecule has 4 rings (SSSR count). The SMILES string of the molecule is O=C(O)c1ccc2c(c1Nc1ccc(Br)cc1)C(=O)c1ccccc1C2=O. The van der Waals surface area contributed by atoms with Gasteiger partial charge in [0.2, 0.25) is 0 Å². The molecule has 0 amide bonds. The van der Waals surface area contributed by atoms with Crippen molar-refractivity contribution in [1.29, 1.82) is 0 Å². The van der Waals surface area contributed by atoms with Gasteiger partial charge < -0.3 is 10.4 Å². The number of hydrogen-bond acceptors (Lipinski definition) is 4. The number of carbonyl (C=O) groups is 3. The standard InChI is InChI=1S/C21H12BrNO4/c22-11-5-7-12(8-6-11)23-18-16(21(26)27)10-9-15-17(18)20(25)14-4-2-1-3-13(14)19(15)24/h1-10,23H,(H,26,27). The minimum absolute atomic E-state index is 0.0720. The number of carbonyl (C=O) groups excluding carboxylic acids is 2. The first kappa shape index (κ1) is 17.2. The fraction of sp³-hybridized carbons (Fsp3) is 0. The molecule has 0 saturated heterocycles. The van der Waals surface area contributed by atoms with E-state index in [0.29, 0.717) is 11.3 Å². The maximum Gasteiger partial charge on any atom is 0.337 e. The number of halogens is 1. The third-order valence-electron chi connectivity index (χ3n) is 4.44. The fourth-order valence-corrected chi connectivity index (χ4v) is 3.44. The first-order valence-electron chi connectivity index (χ1n) is 8.08. The van der Waals surface area contributed by atoms with Crippen molar-refractivity contribution in [3.8, 4) is 0 Å². The summed E-state index contributed by atoms with van der Waals surface area (Å²) >= 11 is 3.34. The summed E-state index contributed by atoms with van der Waals surface area (Å²) in [6.45, 7) is 0. The molecule has 0 aromatic heterocycles. The van der Waals surface area contributed by atoms with E-state index in [0.717, 1.165) is 4.47 Å². The number of carboxylic acid groups (broad SMARTS) is 1. The molecule has 27 heavy (non-hydrogen) atoms. The normalized spacial score (nSPS) is 12.3. The molecule has 3 aromatic carbocycles. The van der Waals surface area contributed by atoms with Gasteiger partial charge in [0.15, 0.2) is 11.6 Å². The summed E-state index contributed by atoms with van der Waals surface area (Å²) in [4.78, 5) is 37.7. The van der Waals surface area contributed by atoms with E-state index in [1.54, 1.807) is 48.5 Å². The second-order valence-corrected chi connectivity index (χ2v) is 6.97. The van der Waals surface area contributed by atoms with Crippen LogP contribution in [0, 0.1) is 0 Å². The highest BCUT2D eigenvalue weighted by Gasteiger charge is 2.33. The third kappa shape index (κ3) is 2.84. The number of hydrogen-bond donors (Lipinski definition) is 2. The zero-order chi connectivity index (χ0) is 19.1. The quantitative estimate of drug-likeness (QED) is 0.502. The Hall–Kier alpha value is -3.25. The number of nitrogens with one attached hydrogen (secondary N) is 1. The van der Waals surface area contributed by atoms with Crippen LogP contribution in [0.3, 0.4) is 0 Å². The molecule has 1 aliphatic rings.